The highest BCUT2D eigenvalue weighted by Gasteiger charge is 2.14. The van der Waals surface area contributed by atoms with Crippen molar-refractivity contribution in [3.05, 3.63) is 83.9 Å². The van der Waals surface area contributed by atoms with E-state index in [1.807, 2.05) is 0 Å². The largest absolute Gasteiger partial charge is 0.289 e. The molecule has 2 aromatic carbocycles. The Labute approximate surface area is 122 Å². The van der Waals surface area contributed by atoms with E-state index in [2.05, 4.69) is 91.6 Å². The van der Waals surface area contributed by atoms with E-state index in [9.17, 15) is 0 Å². The summed E-state index contributed by atoms with van der Waals surface area (Å²) in [7, 11) is 0. The van der Waals surface area contributed by atoms with Crippen molar-refractivity contribution >= 4 is 0 Å². The molecule has 1 nitrogen and oxygen atoms in total. The van der Waals surface area contributed by atoms with Crippen LogP contribution in [0.25, 0.3) is 0 Å². The molecule has 2 rings (SSSR count). The van der Waals surface area contributed by atoms with Crippen LogP contribution in [0.2, 0.25) is 0 Å². The third-order valence-electron chi connectivity index (χ3n) is 3.63. The first-order chi connectivity index (χ1) is 9.81. The molecule has 0 radical (unpaired) electrons. The summed E-state index contributed by atoms with van der Waals surface area (Å²) in [6.07, 6.45) is 4.35. The number of hydrogen-bond acceptors (Lipinski definition) is 1. The fraction of sp³-hybridized carbons (Fsp3) is 0.263. The first-order valence-corrected chi connectivity index (χ1v) is 7.25. The zero-order valence-electron chi connectivity index (χ0n) is 12.4. The summed E-state index contributed by atoms with van der Waals surface area (Å²) in [6.45, 7) is 6.30. The Morgan fingerprint density at radius 1 is 0.950 bits per heavy atom. The third kappa shape index (κ3) is 4.07. The van der Waals surface area contributed by atoms with E-state index in [0.717, 1.165) is 13.1 Å². The Kier molecular flexibility index (Phi) is 5.57. The molecule has 0 spiro atoms. The average molecular weight is 265 g/mol. The van der Waals surface area contributed by atoms with Gasteiger partial charge in [0.2, 0.25) is 0 Å². The molecule has 1 unspecified atom stereocenters. The van der Waals surface area contributed by atoms with Gasteiger partial charge in [-0.3, -0.25) is 4.90 Å². The van der Waals surface area contributed by atoms with Crippen LogP contribution in [0.1, 0.15) is 31.0 Å². The molecule has 0 saturated carbocycles. The maximum absolute atomic E-state index is 2.49. The minimum atomic E-state index is 0.410. The van der Waals surface area contributed by atoms with E-state index in [1.165, 1.54) is 11.1 Å². The van der Waals surface area contributed by atoms with Crippen molar-refractivity contribution in [3.8, 4) is 0 Å². The number of allylic oxidation sites excluding steroid dienone is 1. The second-order valence-corrected chi connectivity index (χ2v) is 5.07. The second-order valence-electron chi connectivity index (χ2n) is 5.07. The quantitative estimate of drug-likeness (QED) is 0.676. The van der Waals surface area contributed by atoms with Crippen LogP contribution in [-0.4, -0.2) is 11.4 Å². The fourth-order valence-electron chi connectivity index (χ4n) is 2.36. The van der Waals surface area contributed by atoms with Gasteiger partial charge in [0.1, 0.15) is 0 Å². The highest BCUT2D eigenvalue weighted by atomic mass is 15.1. The average Bonchev–Trinajstić information content (AvgIpc) is 2.52. The van der Waals surface area contributed by atoms with Gasteiger partial charge in [-0.2, -0.15) is 0 Å². The van der Waals surface area contributed by atoms with E-state index in [-0.39, 0.29) is 0 Å². The summed E-state index contributed by atoms with van der Waals surface area (Å²) in [5, 5.41) is 0. The Bertz CT molecular complexity index is 516. The Morgan fingerprint density at radius 2 is 1.55 bits per heavy atom. The lowest BCUT2D eigenvalue weighted by molar-refractivity contribution is 0.225. The van der Waals surface area contributed by atoms with Crippen LogP contribution in [0.5, 0.6) is 0 Å². The lowest BCUT2D eigenvalue weighted by Crippen LogP contribution is -2.26. The summed E-state index contributed by atoms with van der Waals surface area (Å²) in [5.74, 6) is 0. The van der Waals surface area contributed by atoms with Gasteiger partial charge in [0.25, 0.3) is 0 Å². The number of hydrogen-bond donors (Lipinski definition) is 0. The number of nitrogens with zero attached hydrogens (tertiary/aromatic N) is 1. The van der Waals surface area contributed by atoms with Crippen LogP contribution in [0.3, 0.4) is 0 Å². The molecule has 1 heteroatoms. The zero-order chi connectivity index (χ0) is 14.2. The smallest absolute Gasteiger partial charge is 0.0326 e. The van der Waals surface area contributed by atoms with Gasteiger partial charge in [0, 0.05) is 19.1 Å². The minimum absolute atomic E-state index is 0.410. The molecule has 0 amide bonds. The molecule has 20 heavy (non-hydrogen) atoms. The first-order valence-electron chi connectivity index (χ1n) is 7.25. The van der Waals surface area contributed by atoms with Crippen LogP contribution in [0.15, 0.2) is 72.8 Å². The number of rotatable bonds is 6. The molecule has 0 heterocycles. The lowest BCUT2D eigenvalue weighted by Gasteiger charge is -2.28. The maximum atomic E-state index is 2.49. The second kappa shape index (κ2) is 7.66. The third-order valence-corrected chi connectivity index (χ3v) is 3.63. The molecule has 0 aliphatic heterocycles. The Hall–Kier alpha value is -1.86. The van der Waals surface area contributed by atoms with Gasteiger partial charge < -0.3 is 0 Å². The van der Waals surface area contributed by atoms with E-state index in [1.54, 1.807) is 0 Å². The molecule has 2 aromatic rings. The lowest BCUT2D eigenvalue weighted by atomic mass is 10.1. The Morgan fingerprint density at radius 3 is 2.15 bits per heavy atom. The van der Waals surface area contributed by atoms with E-state index >= 15 is 0 Å². The molecule has 0 fully saturated rings. The molecule has 0 aromatic heterocycles. The molecule has 0 N–H and O–H groups in total. The SMILES string of the molecule is C/C=C\CN(Cc1ccccc1)C(C)c1ccccc1. The summed E-state index contributed by atoms with van der Waals surface area (Å²) in [5.41, 5.74) is 2.73. The number of benzene rings is 2. The molecule has 104 valence electrons. The van der Waals surface area contributed by atoms with Crippen LogP contribution >= 0.6 is 0 Å². The van der Waals surface area contributed by atoms with Crippen molar-refractivity contribution in [2.75, 3.05) is 6.54 Å². The first kappa shape index (κ1) is 14.5. The van der Waals surface area contributed by atoms with Gasteiger partial charge in [0.15, 0.2) is 0 Å². The molecule has 0 aliphatic carbocycles. The summed E-state index contributed by atoms with van der Waals surface area (Å²) >= 11 is 0. The molecular formula is C19H23N. The molecule has 0 aliphatic rings. The topological polar surface area (TPSA) is 3.24 Å². The van der Waals surface area contributed by atoms with E-state index < -0.39 is 0 Å². The van der Waals surface area contributed by atoms with E-state index in [4.69, 9.17) is 0 Å². The van der Waals surface area contributed by atoms with Crippen molar-refractivity contribution in [2.24, 2.45) is 0 Å². The highest BCUT2D eigenvalue weighted by Crippen LogP contribution is 2.22. The van der Waals surface area contributed by atoms with Crippen molar-refractivity contribution < 1.29 is 0 Å². The van der Waals surface area contributed by atoms with Crippen molar-refractivity contribution in [1.82, 2.24) is 4.90 Å². The molecule has 1 atom stereocenters. The monoisotopic (exact) mass is 265 g/mol. The van der Waals surface area contributed by atoms with Crippen LogP contribution in [0.4, 0.5) is 0 Å². The molecule has 0 saturated heterocycles. The van der Waals surface area contributed by atoms with Gasteiger partial charge in [-0.25, -0.2) is 0 Å². The van der Waals surface area contributed by atoms with E-state index in [0.29, 0.717) is 6.04 Å². The van der Waals surface area contributed by atoms with Crippen LogP contribution < -0.4 is 0 Å². The maximum Gasteiger partial charge on any atom is 0.0326 e. The van der Waals surface area contributed by atoms with Crippen molar-refractivity contribution in [1.29, 1.82) is 0 Å². The van der Waals surface area contributed by atoms with Gasteiger partial charge in [0.05, 0.1) is 0 Å². The van der Waals surface area contributed by atoms with Crippen molar-refractivity contribution in [2.45, 2.75) is 26.4 Å². The minimum Gasteiger partial charge on any atom is -0.289 e. The summed E-state index contributed by atoms with van der Waals surface area (Å²) in [4.78, 5) is 2.49. The molecular weight excluding hydrogens is 242 g/mol. The Balaban J connectivity index is 2.14. The van der Waals surface area contributed by atoms with Gasteiger partial charge in [-0.15, -0.1) is 0 Å². The predicted molar refractivity (Wildman–Crippen MR) is 86.5 cm³/mol. The zero-order valence-corrected chi connectivity index (χ0v) is 12.4. The van der Waals surface area contributed by atoms with Gasteiger partial charge >= 0.3 is 0 Å². The van der Waals surface area contributed by atoms with Gasteiger partial charge in [-0.1, -0.05) is 72.8 Å². The normalized spacial score (nSPS) is 12.9. The van der Waals surface area contributed by atoms with Gasteiger partial charge in [-0.05, 0) is 25.0 Å². The van der Waals surface area contributed by atoms with Crippen LogP contribution in [0, 0.1) is 0 Å². The molecule has 0 bridgehead atoms. The standard InChI is InChI=1S/C19H23N/c1-3-4-15-20(16-18-11-7-5-8-12-18)17(2)19-13-9-6-10-14-19/h3-14,17H,15-16H2,1-2H3/b4-3-. The van der Waals surface area contributed by atoms with Crippen molar-refractivity contribution in [3.63, 3.8) is 0 Å². The summed E-state index contributed by atoms with van der Waals surface area (Å²) in [6, 6.07) is 21.8. The fourth-order valence-corrected chi connectivity index (χ4v) is 2.36. The highest BCUT2D eigenvalue weighted by molar-refractivity contribution is 5.20. The summed E-state index contributed by atoms with van der Waals surface area (Å²) < 4.78 is 0. The van der Waals surface area contributed by atoms with Crippen LogP contribution in [-0.2, 0) is 6.54 Å². The predicted octanol–water partition coefficient (Wildman–Crippen LogP) is 4.83.